The maximum absolute atomic E-state index is 15.3. The molecule has 1 spiro atoms. The second-order valence-corrected chi connectivity index (χ2v) is 20.8. The van der Waals surface area contributed by atoms with Crippen LogP contribution >= 0.6 is 0 Å². The van der Waals surface area contributed by atoms with E-state index in [9.17, 15) is 9.90 Å². The molecule has 3 aliphatic rings. The standard InChI is InChI=1S/C45H51N5O5Si/c1-31-43(56(3,4)36-22-20-35(54-2)21-23-36)41(24-26-48-29-39(46-47-48)37(30-51)33-14-6-5-7-15-33)55-45(31)38-17-8-9-18-40(38)50(44(45)53)28-32-13-12-16-34(27-32)49-25-11-10-19-42(49)52/h5-9,12-18,20-23,27,29,31,37,41,43,51H,10-11,19,24-26,28,30H2,1-4H3/t31-,37?,41+,43-,45+/m1/s1. The molecule has 0 radical (unpaired) electrons. The van der Waals surface area contributed by atoms with Gasteiger partial charge in [0.15, 0.2) is 5.60 Å². The molecule has 8 rings (SSSR count). The number of hydrogen-bond acceptors (Lipinski definition) is 7. The highest BCUT2D eigenvalue weighted by Gasteiger charge is 2.66. The summed E-state index contributed by atoms with van der Waals surface area (Å²) in [5.74, 6) is 0.495. The van der Waals surface area contributed by atoms with E-state index in [1.807, 2.05) is 99.5 Å². The lowest BCUT2D eigenvalue weighted by Crippen LogP contribution is -2.51. The molecule has 1 aromatic heterocycles. The van der Waals surface area contributed by atoms with Crippen LogP contribution in [0, 0.1) is 5.92 Å². The van der Waals surface area contributed by atoms with E-state index in [0.717, 1.165) is 46.7 Å². The average Bonchev–Trinajstić information content (AvgIpc) is 3.88. The Kier molecular flexibility index (Phi) is 10.4. The molecule has 290 valence electrons. The molecule has 5 atom stereocenters. The minimum atomic E-state index is -2.35. The summed E-state index contributed by atoms with van der Waals surface area (Å²) in [5.41, 5.74) is 4.21. The van der Waals surface area contributed by atoms with Crippen molar-refractivity contribution in [1.82, 2.24) is 15.0 Å². The van der Waals surface area contributed by atoms with Gasteiger partial charge in [0.25, 0.3) is 5.91 Å². The molecule has 0 saturated carbocycles. The molecule has 11 heteroatoms. The van der Waals surface area contributed by atoms with E-state index in [1.165, 1.54) is 5.19 Å². The molecular weight excluding hydrogens is 719 g/mol. The molecule has 3 aliphatic heterocycles. The molecule has 1 unspecified atom stereocenters. The predicted molar refractivity (Wildman–Crippen MR) is 220 cm³/mol. The zero-order chi connectivity index (χ0) is 39.0. The van der Waals surface area contributed by atoms with E-state index in [1.54, 1.807) is 7.11 Å². The summed E-state index contributed by atoms with van der Waals surface area (Å²) in [4.78, 5) is 31.9. The van der Waals surface area contributed by atoms with Crippen molar-refractivity contribution < 1.29 is 24.2 Å². The minimum Gasteiger partial charge on any atom is -0.497 e. The van der Waals surface area contributed by atoms with E-state index < -0.39 is 13.7 Å². The number of amides is 2. The van der Waals surface area contributed by atoms with Crippen LogP contribution in [0.25, 0.3) is 0 Å². The number of aliphatic hydroxyl groups is 1. The fourth-order valence-corrected chi connectivity index (χ4v) is 13.7. The first-order valence-electron chi connectivity index (χ1n) is 19.8. The number of fused-ring (bicyclic) bond motifs is 2. The lowest BCUT2D eigenvalue weighted by atomic mass is 9.82. The number of aromatic nitrogens is 3. The Bertz CT molecular complexity index is 2190. The number of rotatable bonds is 12. The second-order valence-electron chi connectivity index (χ2n) is 16.1. The Morgan fingerprint density at radius 3 is 2.48 bits per heavy atom. The van der Waals surface area contributed by atoms with Crippen molar-refractivity contribution in [3.63, 3.8) is 0 Å². The molecule has 2 saturated heterocycles. The zero-order valence-corrected chi connectivity index (χ0v) is 33.7. The number of aryl methyl sites for hydroxylation is 1. The molecule has 2 amide bonds. The van der Waals surface area contributed by atoms with Gasteiger partial charge in [0.05, 0.1) is 51.7 Å². The summed E-state index contributed by atoms with van der Waals surface area (Å²) in [6.45, 7) is 8.54. The van der Waals surface area contributed by atoms with Crippen LogP contribution in [0.2, 0.25) is 18.6 Å². The van der Waals surface area contributed by atoms with Gasteiger partial charge in [-0.3, -0.25) is 14.3 Å². The summed E-state index contributed by atoms with van der Waals surface area (Å²) in [6, 6.07) is 34.4. The largest absolute Gasteiger partial charge is 0.497 e. The first-order valence-corrected chi connectivity index (χ1v) is 22.9. The second kappa shape index (κ2) is 15.4. The quantitative estimate of drug-likeness (QED) is 0.139. The Labute approximate surface area is 330 Å². The lowest BCUT2D eigenvalue weighted by molar-refractivity contribution is -0.146. The van der Waals surface area contributed by atoms with Gasteiger partial charge in [-0.2, -0.15) is 0 Å². The number of benzene rings is 4. The van der Waals surface area contributed by atoms with Crippen LogP contribution in [0.4, 0.5) is 11.4 Å². The number of ether oxygens (including phenoxy) is 2. The average molecular weight is 770 g/mol. The Balaban J connectivity index is 1.13. The molecule has 1 N–H and O–H groups in total. The highest BCUT2D eigenvalue weighted by molar-refractivity contribution is 6.91. The van der Waals surface area contributed by atoms with Crippen molar-refractivity contribution in [2.45, 2.75) is 82.0 Å². The third kappa shape index (κ3) is 6.65. The van der Waals surface area contributed by atoms with Gasteiger partial charge in [-0.15, -0.1) is 5.10 Å². The molecule has 0 bridgehead atoms. The van der Waals surface area contributed by atoms with Crippen molar-refractivity contribution in [2.75, 3.05) is 30.1 Å². The third-order valence-electron chi connectivity index (χ3n) is 12.6. The van der Waals surface area contributed by atoms with Crippen LogP contribution in [0.3, 0.4) is 0 Å². The van der Waals surface area contributed by atoms with Gasteiger partial charge in [0, 0.05) is 42.9 Å². The van der Waals surface area contributed by atoms with Crippen molar-refractivity contribution in [1.29, 1.82) is 0 Å². The van der Waals surface area contributed by atoms with Gasteiger partial charge in [-0.25, -0.2) is 0 Å². The number of methoxy groups -OCH3 is 1. The highest BCUT2D eigenvalue weighted by Crippen LogP contribution is 2.60. The van der Waals surface area contributed by atoms with Gasteiger partial charge in [0.1, 0.15) is 5.75 Å². The number of carbonyl (C=O) groups excluding carboxylic acids is 2. The molecule has 4 heterocycles. The number of aliphatic hydroxyl groups excluding tert-OH is 1. The smallest absolute Gasteiger partial charge is 0.264 e. The van der Waals surface area contributed by atoms with E-state index >= 15 is 4.79 Å². The summed E-state index contributed by atoms with van der Waals surface area (Å²) in [5, 5.41) is 20.6. The van der Waals surface area contributed by atoms with Crippen molar-refractivity contribution in [2.24, 2.45) is 5.92 Å². The molecule has 4 aromatic carbocycles. The number of nitrogens with zero attached hydrogens (tertiary/aromatic N) is 5. The van der Waals surface area contributed by atoms with Gasteiger partial charge >= 0.3 is 0 Å². The van der Waals surface area contributed by atoms with Crippen molar-refractivity contribution in [3.8, 4) is 5.75 Å². The van der Waals surface area contributed by atoms with Gasteiger partial charge < -0.3 is 24.4 Å². The van der Waals surface area contributed by atoms with Crippen LogP contribution in [-0.4, -0.2) is 66.4 Å². The van der Waals surface area contributed by atoms with Crippen molar-refractivity contribution in [3.05, 3.63) is 132 Å². The monoisotopic (exact) mass is 769 g/mol. The zero-order valence-electron chi connectivity index (χ0n) is 32.7. The maximum Gasteiger partial charge on any atom is 0.264 e. The fourth-order valence-electron chi connectivity index (χ4n) is 9.68. The molecule has 2 fully saturated rings. The minimum absolute atomic E-state index is 0.0469. The van der Waals surface area contributed by atoms with Gasteiger partial charge in [0.2, 0.25) is 5.91 Å². The number of anilines is 2. The molecule has 5 aromatic rings. The van der Waals surface area contributed by atoms with Crippen LogP contribution in [-0.2, 0) is 33.0 Å². The number of hydrogen-bond donors (Lipinski definition) is 1. The number of para-hydroxylation sites is 1. The summed E-state index contributed by atoms with van der Waals surface area (Å²) >= 11 is 0. The molecular formula is C45H51N5O5Si. The normalized spacial score (nSPS) is 22.8. The summed E-state index contributed by atoms with van der Waals surface area (Å²) in [6.07, 6.45) is 4.77. The predicted octanol–water partition coefficient (Wildman–Crippen LogP) is 6.78. The maximum atomic E-state index is 15.3. The van der Waals surface area contributed by atoms with Gasteiger partial charge in [-0.05, 0) is 66.3 Å². The van der Waals surface area contributed by atoms with E-state index in [0.29, 0.717) is 38.2 Å². The van der Waals surface area contributed by atoms with E-state index in [-0.39, 0.29) is 41.9 Å². The highest BCUT2D eigenvalue weighted by atomic mass is 28.3. The summed E-state index contributed by atoms with van der Waals surface area (Å²) < 4.78 is 14.7. The lowest BCUT2D eigenvalue weighted by Gasteiger charge is -2.37. The van der Waals surface area contributed by atoms with Crippen LogP contribution < -0.4 is 19.7 Å². The summed E-state index contributed by atoms with van der Waals surface area (Å²) in [7, 11) is -0.669. The SMILES string of the molecule is COc1ccc([Si](C)(C)[C@H]2[C@H](CCn3cc(C(CO)c4ccccc4)nn3)O[C@@]3(C(=O)N(Cc4cccc(N5CCCCC5=O)c4)c4ccccc43)[C@@H]2C)cc1. The Hall–Kier alpha value is -5.10. The first-order chi connectivity index (χ1) is 27.1. The third-order valence-corrected chi connectivity index (χ3v) is 16.9. The fraction of sp³-hybridized carbons (Fsp3) is 0.378. The molecule has 0 aliphatic carbocycles. The van der Waals surface area contributed by atoms with Gasteiger partial charge in [-0.1, -0.05) is 103 Å². The van der Waals surface area contributed by atoms with Crippen LogP contribution in [0.15, 0.2) is 109 Å². The first kappa shape index (κ1) is 37.8. The Morgan fingerprint density at radius 1 is 0.964 bits per heavy atom. The van der Waals surface area contributed by atoms with E-state index in [4.69, 9.17) is 9.47 Å². The topological polar surface area (TPSA) is 110 Å². The van der Waals surface area contributed by atoms with Crippen LogP contribution in [0.5, 0.6) is 5.75 Å². The van der Waals surface area contributed by atoms with Crippen LogP contribution in [0.1, 0.15) is 60.9 Å². The number of carbonyl (C=O) groups is 2. The van der Waals surface area contributed by atoms with E-state index in [2.05, 4.69) is 54.6 Å². The van der Waals surface area contributed by atoms with Crippen molar-refractivity contribution >= 4 is 36.4 Å². The number of piperidine rings is 1. The Morgan fingerprint density at radius 2 is 1.73 bits per heavy atom. The molecule has 56 heavy (non-hydrogen) atoms. The molecule has 10 nitrogen and oxygen atoms in total.